The average Bonchev–Trinajstić information content (AvgIpc) is 2.83. The summed E-state index contributed by atoms with van der Waals surface area (Å²) >= 11 is 0. The Bertz CT molecular complexity index is 168. The van der Waals surface area contributed by atoms with Crippen LogP contribution in [0.5, 0.6) is 0 Å². The molecule has 2 rings (SSSR count). The third kappa shape index (κ3) is 1.50. The second-order valence-corrected chi connectivity index (χ2v) is 4.43. The molecule has 0 amide bonds. The van der Waals surface area contributed by atoms with Crippen LogP contribution in [0.25, 0.3) is 0 Å². The number of rotatable bonds is 2. The Morgan fingerprint density at radius 1 is 1.33 bits per heavy atom. The SMILES string of the molecule is C=CN1CCC(C2CC2C)CC1. The molecular formula is C11H19N. The molecule has 2 aliphatic rings. The molecule has 0 aromatic heterocycles. The standard InChI is InChI=1S/C11H19N/c1-3-12-6-4-10(5-7-12)11-8-9(11)2/h3,9-11H,1,4-8H2,2H3. The van der Waals surface area contributed by atoms with Gasteiger partial charge in [0.25, 0.3) is 0 Å². The van der Waals surface area contributed by atoms with Gasteiger partial charge in [-0.3, -0.25) is 0 Å². The molecule has 0 N–H and O–H groups in total. The fourth-order valence-corrected chi connectivity index (χ4v) is 2.54. The molecule has 1 heterocycles. The highest BCUT2D eigenvalue weighted by Crippen LogP contribution is 2.47. The number of hydrogen-bond acceptors (Lipinski definition) is 1. The molecule has 12 heavy (non-hydrogen) atoms. The largest absolute Gasteiger partial charge is 0.378 e. The van der Waals surface area contributed by atoms with E-state index >= 15 is 0 Å². The first-order chi connectivity index (χ1) is 5.81. The number of hydrogen-bond donors (Lipinski definition) is 0. The van der Waals surface area contributed by atoms with Crippen LogP contribution in [-0.2, 0) is 0 Å². The van der Waals surface area contributed by atoms with E-state index in [0.29, 0.717) is 0 Å². The fourth-order valence-electron chi connectivity index (χ4n) is 2.54. The Kier molecular flexibility index (Phi) is 2.12. The minimum Gasteiger partial charge on any atom is -0.378 e. The predicted molar refractivity (Wildman–Crippen MR) is 51.8 cm³/mol. The first kappa shape index (κ1) is 8.15. The lowest BCUT2D eigenvalue weighted by Crippen LogP contribution is -2.30. The van der Waals surface area contributed by atoms with Crippen molar-refractivity contribution in [2.45, 2.75) is 26.2 Å². The molecule has 1 aliphatic carbocycles. The summed E-state index contributed by atoms with van der Waals surface area (Å²) in [7, 11) is 0. The molecule has 68 valence electrons. The number of nitrogens with zero attached hydrogens (tertiary/aromatic N) is 1. The summed E-state index contributed by atoms with van der Waals surface area (Å²) in [5, 5.41) is 0. The summed E-state index contributed by atoms with van der Waals surface area (Å²) in [5.74, 6) is 3.15. The van der Waals surface area contributed by atoms with E-state index in [1.165, 1.54) is 32.4 Å². The van der Waals surface area contributed by atoms with Gasteiger partial charge in [-0.2, -0.15) is 0 Å². The van der Waals surface area contributed by atoms with Gasteiger partial charge < -0.3 is 4.90 Å². The highest BCUT2D eigenvalue weighted by molar-refractivity contribution is 4.91. The van der Waals surface area contributed by atoms with Crippen LogP contribution >= 0.6 is 0 Å². The van der Waals surface area contributed by atoms with E-state index in [0.717, 1.165) is 17.8 Å². The van der Waals surface area contributed by atoms with Gasteiger partial charge in [-0.05, 0) is 43.2 Å². The third-order valence-electron chi connectivity index (χ3n) is 3.61. The lowest BCUT2D eigenvalue weighted by atomic mass is 9.91. The van der Waals surface area contributed by atoms with E-state index in [1.54, 1.807) is 0 Å². The van der Waals surface area contributed by atoms with Gasteiger partial charge in [0.1, 0.15) is 0 Å². The summed E-state index contributed by atoms with van der Waals surface area (Å²) < 4.78 is 0. The molecule has 2 atom stereocenters. The van der Waals surface area contributed by atoms with E-state index in [-0.39, 0.29) is 0 Å². The van der Waals surface area contributed by atoms with Gasteiger partial charge >= 0.3 is 0 Å². The van der Waals surface area contributed by atoms with Crippen LogP contribution in [0.4, 0.5) is 0 Å². The zero-order valence-electron chi connectivity index (χ0n) is 8.00. The smallest absolute Gasteiger partial charge is 0.0175 e. The molecule has 0 aromatic carbocycles. The molecule has 1 nitrogen and oxygen atoms in total. The van der Waals surface area contributed by atoms with Crippen LogP contribution < -0.4 is 0 Å². The van der Waals surface area contributed by atoms with E-state index in [2.05, 4.69) is 18.4 Å². The van der Waals surface area contributed by atoms with Gasteiger partial charge in [-0.25, -0.2) is 0 Å². The molecule has 1 saturated heterocycles. The van der Waals surface area contributed by atoms with Crippen molar-refractivity contribution < 1.29 is 0 Å². The van der Waals surface area contributed by atoms with Crippen molar-refractivity contribution in [3.63, 3.8) is 0 Å². The Labute approximate surface area is 75.4 Å². The maximum absolute atomic E-state index is 3.81. The monoisotopic (exact) mass is 165 g/mol. The second kappa shape index (κ2) is 3.12. The van der Waals surface area contributed by atoms with E-state index in [4.69, 9.17) is 0 Å². The van der Waals surface area contributed by atoms with Crippen molar-refractivity contribution in [2.75, 3.05) is 13.1 Å². The summed E-state index contributed by atoms with van der Waals surface area (Å²) in [6.45, 7) is 8.70. The summed E-state index contributed by atoms with van der Waals surface area (Å²) in [4.78, 5) is 2.35. The van der Waals surface area contributed by atoms with Crippen molar-refractivity contribution >= 4 is 0 Å². The molecule has 1 heteroatoms. The minimum atomic E-state index is 1.03. The zero-order valence-corrected chi connectivity index (χ0v) is 8.00. The maximum Gasteiger partial charge on any atom is 0.0175 e. The Morgan fingerprint density at radius 2 is 1.92 bits per heavy atom. The first-order valence-electron chi connectivity index (χ1n) is 5.18. The molecule has 0 spiro atoms. The van der Waals surface area contributed by atoms with Gasteiger partial charge in [0.2, 0.25) is 0 Å². The van der Waals surface area contributed by atoms with Crippen LogP contribution in [0.15, 0.2) is 12.8 Å². The highest BCUT2D eigenvalue weighted by Gasteiger charge is 2.39. The summed E-state index contributed by atoms with van der Waals surface area (Å²) in [5.41, 5.74) is 0. The maximum atomic E-state index is 3.81. The van der Waals surface area contributed by atoms with Crippen molar-refractivity contribution in [1.29, 1.82) is 0 Å². The van der Waals surface area contributed by atoms with E-state index in [9.17, 15) is 0 Å². The second-order valence-electron chi connectivity index (χ2n) is 4.43. The van der Waals surface area contributed by atoms with Gasteiger partial charge in [-0.15, -0.1) is 0 Å². The topological polar surface area (TPSA) is 3.24 Å². The molecule has 2 fully saturated rings. The molecular weight excluding hydrogens is 146 g/mol. The summed E-state index contributed by atoms with van der Waals surface area (Å²) in [6, 6.07) is 0. The Morgan fingerprint density at radius 3 is 2.33 bits per heavy atom. The lowest BCUT2D eigenvalue weighted by molar-refractivity contribution is 0.221. The lowest BCUT2D eigenvalue weighted by Gasteiger charge is -2.31. The van der Waals surface area contributed by atoms with Gasteiger partial charge in [0, 0.05) is 13.1 Å². The van der Waals surface area contributed by atoms with Gasteiger partial charge in [0.15, 0.2) is 0 Å². The van der Waals surface area contributed by atoms with Crippen LogP contribution in [0.1, 0.15) is 26.2 Å². The van der Waals surface area contributed by atoms with Crippen molar-refractivity contribution in [3.05, 3.63) is 12.8 Å². The summed E-state index contributed by atoms with van der Waals surface area (Å²) in [6.07, 6.45) is 6.30. The minimum absolute atomic E-state index is 1.03. The molecule has 0 radical (unpaired) electrons. The van der Waals surface area contributed by atoms with Crippen LogP contribution in [0, 0.1) is 17.8 Å². The van der Waals surface area contributed by atoms with E-state index < -0.39 is 0 Å². The normalized spacial score (nSPS) is 36.6. The quantitative estimate of drug-likeness (QED) is 0.607. The highest BCUT2D eigenvalue weighted by atomic mass is 15.1. The van der Waals surface area contributed by atoms with E-state index in [1.807, 2.05) is 6.20 Å². The average molecular weight is 165 g/mol. The molecule has 0 aromatic rings. The Balaban J connectivity index is 1.78. The predicted octanol–water partition coefficient (Wildman–Crippen LogP) is 2.50. The van der Waals surface area contributed by atoms with Crippen molar-refractivity contribution in [2.24, 2.45) is 17.8 Å². The van der Waals surface area contributed by atoms with Crippen LogP contribution in [-0.4, -0.2) is 18.0 Å². The third-order valence-corrected chi connectivity index (χ3v) is 3.61. The van der Waals surface area contributed by atoms with Crippen molar-refractivity contribution in [1.82, 2.24) is 4.90 Å². The molecule has 1 saturated carbocycles. The van der Waals surface area contributed by atoms with Gasteiger partial charge in [-0.1, -0.05) is 13.5 Å². The first-order valence-corrected chi connectivity index (χ1v) is 5.18. The number of likely N-dealkylation sites (tertiary alicyclic amines) is 1. The zero-order chi connectivity index (χ0) is 8.55. The number of piperidine rings is 1. The van der Waals surface area contributed by atoms with Crippen LogP contribution in [0.3, 0.4) is 0 Å². The van der Waals surface area contributed by atoms with Crippen LogP contribution in [0.2, 0.25) is 0 Å². The Hall–Kier alpha value is -0.460. The fraction of sp³-hybridized carbons (Fsp3) is 0.818. The molecule has 1 aliphatic heterocycles. The van der Waals surface area contributed by atoms with Crippen molar-refractivity contribution in [3.8, 4) is 0 Å². The van der Waals surface area contributed by atoms with Gasteiger partial charge in [0.05, 0.1) is 0 Å². The molecule has 0 bridgehead atoms. The molecule has 2 unspecified atom stereocenters.